The minimum atomic E-state index is 0.792. The fraction of sp³-hybridized carbons (Fsp3) is 0.417. The van der Waals surface area contributed by atoms with Crippen LogP contribution in [0.4, 0.5) is 0 Å². The molecular formula is C12H17N3. The molecule has 0 aliphatic carbocycles. The average Bonchev–Trinajstić information content (AvgIpc) is 2.68. The normalized spacial score (nSPS) is 11.0. The molecule has 0 unspecified atom stereocenters. The van der Waals surface area contributed by atoms with Gasteiger partial charge in [-0.1, -0.05) is 24.6 Å². The predicted molar refractivity (Wildman–Crippen MR) is 62.6 cm³/mol. The maximum atomic E-state index is 5.46. The number of aryl methyl sites for hydroxylation is 1. The van der Waals surface area contributed by atoms with Crippen molar-refractivity contribution >= 4 is 10.9 Å². The van der Waals surface area contributed by atoms with E-state index in [0.29, 0.717) is 0 Å². The van der Waals surface area contributed by atoms with Crippen LogP contribution in [-0.2, 0) is 6.54 Å². The first-order valence-electron chi connectivity index (χ1n) is 5.52. The van der Waals surface area contributed by atoms with Crippen molar-refractivity contribution < 1.29 is 0 Å². The van der Waals surface area contributed by atoms with Crippen molar-refractivity contribution in [1.82, 2.24) is 9.78 Å². The fourth-order valence-electron chi connectivity index (χ4n) is 1.79. The molecule has 0 saturated carbocycles. The molecule has 80 valence electrons. The third kappa shape index (κ3) is 2.36. The summed E-state index contributed by atoms with van der Waals surface area (Å²) < 4.78 is 2.08. The minimum Gasteiger partial charge on any atom is -0.330 e. The van der Waals surface area contributed by atoms with E-state index in [4.69, 9.17) is 5.73 Å². The van der Waals surface area contributed by atoms with Crippen molar-refractivity contribution in [2.75, 3.05) is 6.54 Å². The Morgan fingerprint density at radius 3 is 2.87 bits per heavy atom. The third-order valence-corrected chi connectivity index (χ3v) is 2.63. The largest absolute Gasteiger partial charge is 0.330 e. The van der Waals surface area contributed by atoms with Gasteiger partial charge in [-0.15, -0.1) is 0 Å². The Hall–Kier alpha value is -1.35. The molecule has 0 aliphatic heterocycles. The van der Waals surface area contributed by atoms with Gasteiger partial charge in [0, 0.05) is 11.9 Å². The van der Waals surface area contributed by atoms with Gasteiger partial charge in [-0.2, -0.15) is 5.10 Å². The summed E-state index contributed by atoms with van der Waals surface area (Å²) in [5.41, 5.74) is 6.68. The number of nitrogens with two attached hydrogens (primary N) is 1. The summed E-state index contributed by atoms with van der Waals surface area (Å²) in [6.07, 6.45) is 5.38. The van der Waals surface area contributed by atoms with Crippen LogP contribution in [0.5, 0.6) is 0 Å². The molecule has 1 aromatic carbocycles. The standard InChI is InChI=1S/C12H17N3/c13-8-4-1-5-9-15-12-7-3-2-6-11(12)10-14-15/h2-3,6-7,10H,1,4-5,8-9,13H2. The molecule has 0 fully saturated rings. The SMILES string of the molecule is NCCCCCn1ncc2ccccc21. The molecule has 0 amide bonds. The van der Waals surface area contributed by atoms with Crippen LogP contribution in [-0.4, -0.2) is 16.3 Å². The van der Waals surface area contributed by atoms with E-state index in [-0.39, 0.29) is 0 Å². The minimum absolute atomic E-state index is 0.792. The quantitative estimate of drug-likeness (QED) is 0.757. The van der Waals surface area contributed by atoms with Crippen LogP contribution in [0.25, 0.3) is 10.9 Å². The summed E-state index contributed by atoms with van der Waals surface area (Å²) in [5, 5.41) is 5.60. The van der Waals surface area contributed by atoms with Crippen molar-refractivity contribution in [3.63, 3.8) is 0 Å². The van der Waals surface area contributed by atoms with Gasteiger partial charge in [0.25, 0.3) is 0 Å². The Morgan fingerprint density at radius 1 is 1.13 bits per heavy atom. The molecule has 0 radical (unpaired) electrons. The topological polar surface area (TPSA) is 43.8 Å². The van der Waals surface area contributed by atoms with Gasteiger partial charge in [-0.05, 0) is 25.5 Å². The lowest BCUT2D eigenvalue weighted by Crippen LogP contribution is -2.02. The Morgan fingerprint density at radius 2 is 2.00 bits per heavy atom. The second kappa shape index (κ2) is 4.94. The monoisotopic (exact) mass is 203 g/mol. The van der Waals surface area contributed by atoms with Gasteiger partial charge in [0.1, 0.15) is 0 Å². The van der Waals surface area contributed by atoms with E-state index in [1.165, 1.54) is 17.3 Å². The number of unbranched alkanes of at least 4 members (excludes halogenated alkanes) is 2. The molecule has 0 atom stereocenters. The van der Waals surface area contributed by atoms with Gasteiger partial charge in [-0.25, -0.2) is 0 Å². The zero-order chi connectivity index (χ0) is 10.5. The third-order valence-electron chi connectivity index (χ3n) is 2.63. The Kier molecular flexibility index (Phi) is 3.35. The van der Waals surface area contributed by atoms with Crippen LogP contribution in [0, 0.1) is 0 Å². The molecule has 15 heavy (non-hydrogen) atoms. The van der Waals surface area contributed by atoms with Crippen LogP contribution >= 0.6 is 0 Å². The van der Waals surface area contributed by atoms with E-state index in [2.05, 4.69) is 28.0 Å². The van der Waals surface area contributed by atoms with Gasteiger partial charge >= 0.3 is 0 Å². The average molecular weight is 203 g/mol. The highest BCUT2D eigenvalue weighted by Crippen LogP contribution is 2.13. The van der Waals surface area contributed by atoms with E-state index in [1.807, 2.05) is 12.3 Å². The predicted octanol–water partition coefficient (Wildman–Crippen LogP) is 2.17. The summed E-state index contributed by atoms with van der Waals surface area (Å²) >= 11 is 0. The number of para-hydroxylation sites is 1. The highest BCUT2D eigenvalue weighted by Gasteiger charge is 2.00. The molecule has 1 heterocycles. The molecular weight excluding hydrogens is 186 g/mol. The van der Waals surface area contributed by atoms with Crippen LogP contribution in [0.2, 0.25) is 0 Å². The van der Waals surface area contributed by atoms with Crippen molar-refractivity contribution in [3.05, 3.63) is 30.5 Å². The highest BCUT2D eigenvalue weighted by molar-refractivity contribution is 5.78. The molecule has 2 rings (SSSR count). The van der Waals surface area contributed by atoms with Crippen LogP contribution in [0.15, 0.2) is 30.5 Å². The fourth-order valence-corrected chi connectivity index (χ4v) is 1.79. The lowest BCUT2D eigenvalue weighted by molar-refractivity contribution is 0.560. The van der Waals surface area contributed by atoms with E-state index in [9.17, 15) is 0 Å². The highest BCUT2D eigenvalue weighted by atomic mass is 15.3. The second-order valence-corrected chi connectivity index (χ2v) is 3.78. The van der Waals surface area contributed by atoms with Crippen LogP contribution in [0.3, 0.4) is 0 Å². The molecule has 3 nitrogen and oxygen atoms in total. The van der Waals surface area contributed by atoms with Gasteiger partial charge < -0.3 is 5.73 Å². The lowest BCUT2D eigenvalue weighted by Gasteiger charge is -2.02. The molecule has 0 spiro atoms. The molecule has 0 bridgehead atoms. The summed E-state index contributed by atoms with van der Waals surface area (Å²) in [5.74, 6) is 0. The van der Waals surface area contributed by atoms with Crippen LogP contribution < -0.4 is 5.73 Å². The summed E-state index contributed by atoms with van der Waals surface area (Å²) in [6, 6.07) is 8.31. The van der Waals surface area contributed by atoms with E-state index in [1.54, 1.807) is 0 Å². The number of hydrogen-bond acceptors (Lipinski definition) is 2. The first-order chi connectivity index (χ1) is 7.42. The Labute approximate surface area is 89.9 Å². The maximum Gasteiger partial charge on any atom is 0.0682 e. The summed E-state index contributed by atoms with van der Waals surface area (Å²) in [6.45, 7) is 1.79. The van der Waals surface area contributed by atoms with E-state index >= 15 is 0 Å². The van der Waals surface area contributed by atoms with Gasteiger partial charge in [0.05, 0.1) is 11.7 Å². The first kappa shape index (κ1) is 10.2. The summed E-state index contributed by atoms with van der Waals surface area (Å²) in [4.78, 5) is 0. The van der Waals surface area contributed by atoms with Gasteiger partial charge in [-0.3, -0.25) is 4.68 Å². The molecule has 3 heteroatoms. The maximum absolute atomic E-state index is 5.46. The van der Waals surface area contributed by atoms with E-state index in [0.717, 1.165) is 25.9 Å². The molecule has 2 N–H and O–H groups in total. The van der Waals surface area contributed by atoms with E-state index < -0.39 is 0 Å². The van der Waals surface area contributed by atoms with Crippen molar-refractivity contribution in [1.29, 1.82) is 0 Å². The number of fused-ring (bicyclic) bond motifs is 1. The number of nitrogens with zero attached hydrogens (tertiary/aromatic N) is 2. The number of rotatable bonds is 5. The Balaban J connectivity index is 2.02. The zero-order valence-corrected chi connectivity index (χ0v) is 8.89. The number of hydrogen-bond donors (Lipinski definition) is 1. The molecule has 0 aliphatic rings. The van der Waals surface area contributed by atoms with Gasteiger partial charge in [0.2, 0.25) is 0 Å². The first-order valence-corrected chi connectivity index (χ1v) is 5.52. The molecule has 0 saturated heterocycles. The van der Waals surface area contributed by atoms with Crippen molar-refractivity contribution in [2.24, 2.45) is 5.73 Å². The number of aromatic nitrogens is 2. The van der Waals surface area contributed by atoms with Crippen molar-refractivity contribution in [3.8, 4) is 0 Å². The molecule has 2 aromatic rings. The number of benzene rings is 1. The lowest BCUT2D eigenvalue weighted by atomic mass is 10.2. The second-order valence-electron chi connectivity index (χ2n) is 3.78. The molecule has 1 aromatic heterocycles. The van der Waals surface area contributed by atoms with Gasteiger partial charge in [0.15, 0.2) is 0 Å². The van der Waals surface area contributed by atoms with Crippen LogP contribution in [0.1, 0.15) is 19.3 Å². The van der Waals surface area contributed by atoms with Crippen molar-refractivity contribution in [2.45, 2.75) is 25.8 Å². The zero-order valence-electron chi connectivity index (χ0n) is 8.89. The smallest absolute Gasteiger partial charge is 0.0682 e. The Bertz CT molecular complexity index is 419. The summed E-state index contributed by atoms with van der Waals surface area (Å²) in [7, 11) is 0.